The molecule has 0 aromatic heterocycles. The van der Waals surface area contributed by atoms with Crippen molar-refractivity contribution in [3.8, 4) is 0 Å². The van der Waals surface area contributed by atoms with E-state index < -0.39 is 0 Å². The largest absolute Gasteiger partial charge is 0.346 e. The maximum Gasteiger partial charge on any atom is 0.224 e. The van der Waals surface area contributed by atoms with Crippen LogP contribution in [0.4, 0.5) is 0 Å². The summed E-state index contributed by atoms with van der Waals surface area (Å²) in [5.74, 6) is 0.118. The highest BCUT2D eigenvalue weighted by Gasteiger charge is 2.24. The van der Waals surface area contributed by atoms with Crippen LogP contribution in [0.1, 0.15) is 32.6 Å². The third kappa shape index (κ3) is 3.01. The van der Waals surface area contributed by atoms with E-state index in [0.29, 0.717) is 12.8 Å². The Kier molecular flexibility index (Phi) is 3.68. The number of rotatable bonds is 3. The average Bonchev–Trinajstić information content (AvgIpc) is 2.48. The van der Waals surface area contributed by atoms with Gasteiger partial charge in [-0.2, -0.15) is 0 Å². The van der Waals surface area contributed by atoms with Crippen LogP contribution in [0, 0.1) is 0 Å². The highest BCUT2D eigenvalue weighted by molar-refractivity contribution is 5.90. The molecule has 0 spiro atoms. The number of allylic oxidation sites excluding steroid dienone is 1. The van der Waals surface area contributed by atoms with Gasteiger partial charge < -0.3 is 5.32 Å². The van der Waals surface area contributed by atoms with Crippen molar-refractivity contribution in [2.75, 3.05) is 0 Å². The average molecular weight is 181 g/mol. The Morgan fingerprint density at radius 2 is 2.46 bits per heavy atom. The van der Waals surface area contributed by atoms with Crippen LogP contribution in [0.2, 0.25) is 0 Å². The molecule has 72 valence electrons. The predicted molar refractivity (Wildman–Crippen MR) is 50.2 cm³/mol. The van der Waals surface area contributed by atoms with Crippen molar-refractivity contribution in [1.29, 1.82) is 0 Å². The molecular weight excluding hydrogens is 166 g/mol. The molecule has 13 heavy (non-hydrogen) atoms. The number of carbonyl (C=O) groups is 2. The third-order valence-electron chi connectivity index (χ3n) is 2.18. The van der Waals surface area contributed by atoms with Crippen LogP contribution in [-0.2, 0) is 9.59 Å². The molecular formula is C10H15NO2. The normalized spacial score (nSPS) is 22.5. The molecule has 0 saturated heterocycles. The fraction of sp³-hybridized carbons (Fsp3) is 0.600. The summed E-state index contributed by atoms with van der Waals surface area (Å²) in [5, 5.41) is 2.72. The minimum atomic E-state index is -0.210. The van der Waals surface area contributed by atoms with Crippen molar-refractivity contribution in [1.82, 2.24) is 5.32 Å². The van der Waals surface area contributed by atoms with Gasteiger partial charge in [0, 0.05) is 12.8 Å². The summed E-state index contributed by atoms with van der Waals surface area (Å²) >= 11 is 0. The van der Waals surface area contributed by atoms with E-state index in [4.69, 9.17) is 0 Å². The summed E-state index contributed by atoms with van der Waals surface area (Å²) in [6.45, 7) is 1.87. The second kappa shape index (κ2) is 4.80. The highest BCUT2D eigenvalue weighted by atomic mass is 16.2. The first-order chi connectivity index (χ1) is 6.24. The molecule has 0 radical (unpaired) electrons. The minimum absolute atomic E-state index is 0.0571. The van der Waals surface area contributed by atoms with E-state index in [1.54, 1.807) is 6.08 Å². The zero-order valence-electron chi connectivity index (χ0n) is 7.88. The van der Waals surface area contributed by atoms with Crippen LogP contribution in [0.5, 0.6) is 0 Å². The van der Waals surface area contributed by atoms with Crippen molar-refractivity contribution >= 4 is 11.7 Å². The quantitative estimate of drug-likeness (QED) is 0.665. The molecule has 0 unspecified atom stereocenters. The fourth-order valence-electron chi connectivity index (χ4n) is 1.45. The van der Waals surface area contributed by atoms with Gasteiger partial charge in [0.15, 0.2) is 5.78 Å². The van der Waals surface area contributed by atoms with Crippen LogP contribution in [0.3, 0.4) is 0 Å². The first-order valence-corrected chi connectivity index (χ1v) is 4.67. The van der Waals surface area contributed by atoms with Crippen LogP contribution in [0.15, 0.2) is 12.2 Å². The van der Waals surface area contributed by atoms with Crippen LogP contribution < -0.4 is 5.32 Å². The van der Waals surface area contributed by atoms with Crippen LogP contribution in [-0.4, -0.2) is 17.7 Å². The SMILES string of the molecule is C/C=C/CC(=O)N[C@H]1CCCC1=O. The number of Topliss-reactive ketones (excluding diaryl/α,β-unsaturated/α-hetero) is 1. The fourth-order valence-corrected chi connectivity index (χ4v) is 1.45. The Balaban J connectivity index is 2.31. The van der Waals surface area contributed by atoms with Gasteiger partial charge in [-0.05, 0) is 19.8 Å². The smallest absolute Gasteiger partial charge is 0.224 e. The van der Waals surface area contributed by atoms with Gasteiger partial charge in [-0.1, -0.05) is 12.2 Å². The lowest BCUT2D eigenvalue weighted by Gasteiger charge is -2.08. The van der Waals surface area contributed by atoms with Gasteiger partial charge in [-0.3, -0.25) is 9.59 Å². The van der Waals surface area contributed by atoms with Crippen LogP contribution in [0.25, 0.3) is 0 Å². The molecule has 1 N–H and O–H groups in total. The van der Waals surface area contributed by atoms with E-state index in [0.717, 1.165) is 12.8 Å². The molecule has 1 rings (SSSR count). The topological polar surface area (TPSA) is 46.2 Å². The molecule has 0 aromatic carbocycles. The van der Waals surface area contributed by atoms with E-state index in [9.17, 15) is 9.59 Å². The molecule has 0 aliphatic heterocycles. The molecule has 3 heteroatoms. The van der Waals surface area contributed by atoms with Gasteiger partial charge in [0.1, 0.15) is 0 Å². The Labute approximate surface area is 78.2 Å². The van der Waals surface area contributed by atoms with E-state index in [-0.39, 0.29) is 17.7 Å². The number of amides is 1. The summed E-state index contributed by atoms with van der Waals surface area (Å²) in [6, 6.07) is -0.210. The number of hydrogen-bond acceptors (Lipinski definition) is 2. The number of ketones is 1. The maximum atomic E-state index is 11.2. The van der Waals surface area contributed by atoms with Gasteiger partial charge >= 0.3 is 0 Å². The number of carbonyl (C=O) groups excluding carboxylic acids is 2. The lowest BCUT2D eigenvalue weighted by molar-refractivity contribution is -0.126. The van der Waals surface area contributed by atoms with Gasteiger partial charge in [-0.15, -0.1) is 0 Å². The monoisotopic (exact) mass is 181 g/mol. The van der Waals surface area contributed by atoms with Crippen molar-refractivity contribution in [2.24, 2.45) is 0 Å². The molecule has 1 fully saturated rings. The molecule has 1 amide bonds. The van der Waals surface area contributed by atoms with Gasteiger partial charge in [0.25, 0.3) is 0 Å². The van der Waals surface area contributed by atoms with Crippen molar-refractivity contribution in [3.63, 3.8) is 0 Å². The van der Waals surface area contributed by atoms with Crippen LogP contribution >= 0.6 is 0 Å². The maximum absolute atomic E-state index is 11.2. The van der Waals surface area contributed by atoms with E-state index >= 15 is 0 Å². The molecule has 0 heterocycles. The van der Waals surface area contributed by atoms with E-state index in [2.05, 4.69) is 5.32 Å². The third-order valence-corrected chi connectivity index (χ3v) is 2.18. The molecule has 1 aliphatic carbocycles. The lowest BCUT2D eigenvalue weighted by atomic mass is 10.2. The van der Waals surface area contributed by atoms with Crippen molar-refractivity contribution in [3.05, 3.63) is 12.2 Å². The Bertz CT molecular complexity index is 233. The highest BCUT2D eigenvalue weighted by Crippen LogP contribution is 2.14. The first-order valence-electron chi connectivity index (χ1n) is 4.67. The minimum Gasteiger partial charge on any atom is -0.346 e. The number of hydrogen-bond donors (Lipinski definition) is 1. The standard InChI is InChI=1S/C10H15NO2/c1-2-3-7-10(13)11-8-5-4-6-9(8)12/h2-3,8H,4-7H2,1H3,(H,11,13)/b3-2+/t8-/m0/s1. The second-order valence-electron chi connectivity index (χ2n) is 3.25. The summed E-state index contributed by atoms with van der Waals surface area (Å²) in [5.41, 5.74) is 0. The Morgan fingerprint density at radius 3 is 3.00 bits per heavy atom. The first kappa shape index (κ1) is 9.96. The molecule has 0 bridgehead atoms. The number of nitrogens with one attached hydrogen (secondary N) is 1. The summed E-state index contributed by atoms with van der Waals surface area (Å²) in [6.07, 6.45) is 6.33. The molecule has 1 aliphatic rings. The zero-order chi connectivity index (χ0) is 9.68. The van der Waals surface area contributed by atoms with E-state index in [1.165, 1.54) is 0 Å². The molecule has 3 nitrogen and oxygen atoms in total. The van der Waals surface area contributed by atoms with Crippen molar-refractivity contribution in [2.45, 2.75) is 38.6 Å². The van der Waals surface area contributed by atoms with E-state index in [1.807, 2.05) is 13.0 Å². The summed E-state index contributed by atoms with van der Waals surface area (Å²) in [4.78, 5) is 22.3. The van der Waals surface area contributed by atoms with Gasteiger partial charge in [0.2, 0.25) is 5.91 Å². The zero-order valence-corrected chi connectivity index (χ0v) is 7.88. The van der Waals surface area contributed by atoms with Gasteiger partial charge in [-0.25, -0.2) is 0 Å². The van der Waals surface area contributed by atoms with Gasteiger partial charge in [0.05, 0.1) is 6.04 Å². The molecule has 0 aromatic rings. The Hall–Kier alpha value is -1.12. The summed E-state index contributed by atoms with van der Waals surface area (Å²) in [7, 11) is 0. The molecule has 1 atom stereocenters. The summed E-state index contributed by atoms with van der Waals surface area (Å²) < 4.78 is 0. The predicted octanol–water partition coefficient (Wildman–Crippen LogP) is 1.19. The Morgan fingerprint density at radius 1 is 1.69 bits per heavy atom. The molecule has 1 saturated carbocycles. The second-order valence-corrected chi connectivity index (χ2v) is 3.25. The lowest BCUT2D eigenvalue weighted by Crippen LogP contribution is -2.37. The van der Waals surface area contributed by atoms with Crippen molar-refractivity contribution < 1.29 is 9.59 Å².